The molecule has 0 fully saturated rings. The van der Waals surface area contributed by atoms with Crippen LogP contribution in [0.15, 0.2) is 24.3 Å². The predicted molar refractivity (Wildman–Crippen MR) is 71.5 cm³/mol. The van der Waals surface area contributed by atoms with E-state index in [-0.39, 0.29) is 5.97 Å². The molecule has 0 N–H and O–H groups in total. The van der Waals surface area contributed by atoms with E-state index in [0.29, 0.717) is 5.56 Å². The summed E-state index contributed by atoms with van der Waals surface area (Å²) in [6.07, 6.45) is 2.96. The van der Waals surface area contributed by atoms with Crippen molar-refractivity contribution in [3.8, 4) is 0 Å². The fourth-order valence-electron chi connectivity index (χ4n) is 1.13. The average Bonchev–Trinajstić information content (AvgIpc) is 2.35. The fourth-order valence-corrected chi connectivity index (χ4v) is 1.83. The molecule has 5 heteroatoms. The monoisotopic (exact) mass is 346 g/mol. The van der Waals surface area contributed by atoms with E-state index >= 15 is 0 Å². The van der Waals surface area contributed by atoms with E-state index in [0.717, 1.165) is 9.13 Å². The molecular weight excluding hydrogens is 335 g/mol. The summed E-state index contributed by atoms with van der Waals surface area (Å²) in [5.74, 6) is -0.802. The number of hydrogen-bond donors (Lipinski definition) is 0. The summed E-state index contributed by atoms with van der Waals surface area (Å²) in [5.41, 5.74) is 1.32. The maximum Gasteiger partial charge on any atom is 0.337 e. The zero-order chi connectivity index (χ0) is 12.8. The van der Waals surface area contributed by atoms with Gasteiger partial charge in [-0.3, -0.25) is 0 Å². The predicted octanol–water partition coefficient (Wildman–Crippen LogP) is 2.26. The highest BCUT2D eigenvalue weighted by Crippen LogP contribution is 2.16. The molecule has 0 aromatic heterocycles. The van der Waals surface area contributed by atoms with Gasteiger partial charge in [-0.25, -0.2) is 9.59 Å². The molecule has 0 aliphatic rings. The number of hydrogen-bond acceptors (Lipinski definition) is 4. The first kappa shape index (κ1) is 13.7. The van der Waals surface area contributed by atoms with Gasteiger partial charge < -0.3 is 9.47 Å². The minimum absolute atomic E-state index is 0.383. The number of halogens is 1. The van der Waals surface area contributed by atoms with Gasteiger partial charge in [-0.15, -0.1) is 0 Å². The first-order valence-electron chi connectivity index (χ1n) is 4.72. The number of rotatable bonds is 3. The first-order valence-corrected chi connectivity index (χ1v) is 5.80. The van der Waals surface area contributed by atoms with E-state index in [1.807, 2.05) is 0 Å². The van der Waals surface area contributed by atoms with Crippen LogP contribution in [0.5, 0.6) is 0 Å². The van der Waals surface area contributed by atoms with Crippen molar-refractivity contribution in [2.45, 2.75) is 0 Å². The van der Waals surface area contributed by atoms with Gasteiger partial charge >= 0.3 is 11.9 Å². The Balaban J connectivity index is 2.94. The standard InChI is InChI=1S/C12H11IO4/c1-16-11(14)6-5-8-3-4-9(7-10(8)13)12(15)17-2/h3-7H,1-2H3. The lowest BCUT2D eigenvalue weighted by atomic mass is 10.1. The lowest BCUT2D eigenvalue weighted by Crippen LogP contribution is -2.01. The van der Waals surface area contributed by atoms with Crippen molar-refractivity contribution in [3.63, 3.8) is 0 Å². The third kappa shape index (κ3) is 3.85. The molecule has 4 nitrogen and oxygen atoms in total. The van der Waals surface area contributed by atoms with Gasteiger partial charge in [0.05, 0.1) is 19.8 Å². The average molecular weight is 346 g/mol. The summed E-state index contributed by atoms with van der Waals surface area (Å²) < 4.78 is 9.95. The molecule has 0 saturated heterocycles. The molecular formula is C12H11IO4. The molecule has 0 unspecified atom stereocenters. The maximum atomic E-state index is 11.3. The fraction of sp³-hybridized carbons (Fsp3) is 0.167. The number of carbonyl (C=O) groups is 2. The topological polar surface area (TPSA) is 52.6 Å². The van der Waals surface area contributed by atoms with Gasteiger partial charge in [0.15, 0.2) is 0 Å². The highest BCUT2D eigenvalue weighted by atomic mass is 127. The van der Waals surface area contributed by atoms with Gasteiger partial charge in [0, 0.05) is 9.65 Å². The molecule has 0 aliphatic carbocycles. The molecule has 17 heavy (non-hydrogen) atoms. The molecule has 0 bridgehead atoms. The van der Waals surface area contributed by atoms with E-state index in [1.165, 1.54) is 20.3 Å². The van der Waals surface area contributed by atoms with Crippen LogP contribution >= 0.6 is 22.6 Å². The normalized spacial score (nSPS) is 10.3. The van der Waals surface area contributed by atoms with Crippen molar-refractivity contribution >= 4 is 40.6 Å². The Hall–Kier alpha value is -1.37. The van der Waals surface area contributed by atoms with Crippen LogP contribution in [0.3, 0.4) is 0 Å². The van der Waals surface area contributed by atoms with E-state index < -0.39 is 5.97 Å². The van der Waals surface area contributed by atoms with E-state index in [4.69, 9.17) is 0 Å². The van der Waals surface area contributed by atoms with Crippen molar-refractivity contribution in [1.82, 2.24) is 0 Å². The Kier molecular flexibility index (Phi) is 5.14. The van der Waals surface area contributed by atoms with E-state index in [2.05, 4.69) is 32.1 Å². The van der Waals surface area contributed by atoms with Crippen molar-refractivity contribution in [1.29, 1.82) is 0 Å². The summed E-state index contributed by atoms with van der Waals surface area (Å²) in [4.78, 5) is 22.2. The number of carbonyl (C=O) groups excluding carboxylic acids is 2. The Bertz CT molecular complexity index is 466. The maximum absolute atomic E-state index is 11.3. The minimum atomic E-state index is -0.419. The molecule has 1 aromatic rings. The van der Waals surface area contributed by atoms with Crippen LogP contribution < -0.4 is 0 Å². The zero-order valence-corrected chi connectivity index (χ0v) is 11.6. The minimum Gasteiger partial charge on any atom is -0.466 e. The molecule has 0 atom stereocenters. The van der Waals surface area contributed by atoms with Crippen LogP contribution in [-0.4, -0.2) is 26.2 Å². The SMILES string of the molecule is COC(=O)C=Cc1ccc(C(=O)OC)cc1I. The van der Waals surface area contributed by atoms with E-state index in [1.54, 1.807) is 24.3 Å². The third-order valence-corrected chi connectivity index (χ3v) is 2.96. The molecule has 0 amide bonds. The second-order valence-electron chi connectivity index (χ2n) is 3.08. The number of benzene rings is 1. The number of ether oxygens (including phenoxy) is 2. The van der Waals surface area contributed by atoms with Gasteiger partial charge in [0.1, 0.15) is 0 Å². The smallest absolute Gasteiger partial charge is 0.337 e. The third-order valence-electron chi connectivity index (χ3n) is 2.02. The van der Waals surface area contributed by atoms with Gasteiger partial charge in [0.2, 0.25) is 0 Å². The Labute approximate surface area is 113 Å². The summed E-state index contributed by atoms with van der Waals surface area (Å²) in [5, 5.41) is 0. The molecule has 0 spiro atoms. The number of methoxy groups -OCH3 is 2. The molecule has 0 heterocycles. The molecule has 1 rings (SSSR count). The molecule has 0 radical (unpaired) electrons. The van der Waals surface area contributed by atoms with Crippen LogP contribution in [0.1, 0.15) is 15.9 Å². The van der Waals surface area contributed by atoms with Crippen molar-refractivity contribution in [2.75, 3.05) is 14.2 Å². The molecule has 0 aliphatic heterocycles. The second kappa shape index (κ2) is 6.39. The van der Waals surface area contributed by atoms with E-state index in [9.17, 15) is 9.59 Å². The highest BCUT2D eigenvalue weighted by molar-refractivity contribution is 14.1. The van der Waals surface area contributed by atoms with Gasteiger partial charge in [0.25, 0.3) is 0 Å². The Morgan fingerprint density at radius 3 is 2.47 bits per heavy atom. The molecule has 0 saturated carbocycles. The lowest BCUT2D eigenvalue weighted by Gasteiger charge is -2.02. The van der Waals surface area contributed by atoms with Gasteiger partial charge in [-0.2, -0.15) is 0 Å². The van der Waals surface area contributed by atoms with Crippen molar-refractivity contribution in [3.05, 3.63) is 39.0 Å². The summed E-state index contributed by atoms with van der Waals surface area (Å²) in [7, 11) is 2.65. The van der Waals surface area contributed by atoms with Crippen LogP contribution in [0, 0.1) is 3.57 Å². The Morgan fingerprint density at radius 2 is 1.94 bits per heavy atom. The van der Waals surface area contributed by atoms with Gasteiger partial charge in [-0.1, -0.05) is 6.07 Å². The Morgan fingerprint density at radius 1 is 1.24 bits per heavy atom. The van der Waals surface area contributed by atoms with Crippen molar-refractivity contribution < 1.29 is 19.1 Å². The van der Waals surface area contributed by atoms with Crippen LogP contribution in [0.2, 0.25) is 0 Å². The first-order chi connectivity index (χ1) is 8.08. The lowest BCUT2D eigenvalue weighted by molar-refractivity contribution is -0.134. The van der Waals surface area contributed by atoms with Crippen LogP contribution in [-0.2, 0) is 14.3 Å². The molecule has 90 valence electrons. The van der Waals surface area contributed by atoms with Gasteiger partial charge in [-0.05, 0) is 46.4 Å². The second-order valence-corrected chi connectivity index (χ2v) is 4.25. The summed E-state index contributed by atoms with van der Waals surface area (Å²) in [6.45, 7) is 0. The highest BCUT2D eigenvalue weighted by Gasteiger charge is 2.07. The van der Waals surface area contributed by atoms with Crippen LogP contribution in [0.4, 0.5) is 0 Å². The van der Waals surface area contributed by atoms with Crippen LogP contribution in [0.25, 0.3) is 6.08 Å². The summed E-state index contributed by atoms with van der Waals surface area (Å²) in [6, 6.07) is 5.09. The van der Waals surface area contributed by atoms with Crippen molar-refractivity contribution in [2.24, 2.45) is 0 Å². The summed E-state index contributed by atoms with van der Waals surface area (Å²) >= 11 is 2.08. The molecule has 1 aromatic carbocycles. The number of esters is 2. The zero-order valence-electron chi connectivity index (χ0n) is 9.40. The quantitative estimate of drug-likeness (QED) is 0.479. The largest absolute Gasteiger partial charge is 0.466 e.